The summed E-state index contributed by atoms with van der Waals surface area (Å²) in [5, 5.41) is 0.439. The summed E-state index contributed by atoms with van der Waals surface area (Å²) in [6.45, 7) is 6.04. The van der Waals surface area contributed by atoms with Crippen molar-refractivity contribution in [2.45, 2.75) is 26.8 Å². The third kappa shape index (κ3) is 4.87. The lowest BCUT2D eigenvalue weighted by molar-refractivity contribution is -0.139. The molecule has 0 aliphatic carbocycles. The minimum atomic E-state index is -0.766. The summed E-state index contributed by atoms with van der Waals surface area (Å²) in [5.74, 6) is 0.602. The number of thiazole rings is 1. The molecule has 0 radical (unpaired) electrons. The molecule has 1 atom stereocenters. The maximum atomic E-state index is 13.8. The predicted octanol–water partition coefficient (Wildman–Crippen LogP) is 4.62. The third-order valence-corrected chi connectivity index (χ3v) is 7.47. The Balaban J connectivity index is 1.94. The second-order valence-corrected chi connectivity index (χ2v) is 10.1. The van der Waals surface area contributed by atoms with Gasteiger partial charge in [-0.1, -0.05) is 41.1 Å². The third-order valence-electron chi connectivity index (χ3n) is 5.56. The van der Waals surface area contributed by atoms with Crippen LogP contribution in [-0.4, -0.2) is 30.9 Å². The molecule has 0 saturated heterocycles. The van der Waals surface area contributed by atoms with Crippen LogP contribution in [-0.2, 0) is 9.53 Å². The van der Waals surface area contributed by atoms with Gasteiger partial charge in [-0.2, -0.15) is 0 Å². The first-order valence-corrected chi connectivity index (χ1v) is 13.2. The molecule has 2 heterocycles. The summed E-state index contributed by atoms with van der Waals surface area (Å²) >= 11 is 11.3. The minimum absolute atomic E-state index is 0.198. The molecule has 188 valence electrons. The highest BCUT2D eigenvalue weighted by Crippen LogP contribution is 2.37. The molecule has 3 aromatic rings. The van der Waals surface area contributed by atoms with Crippen molar-refractivity contribution in [3.05, 3.63) is 88.0 Å². The number of allylic oxidation sites excluding steroid dienone is 1. The predicted molar refractivity (Wildman–Crippen MR) is 144 cm³/mol. The van der Waals surface area contributed by atoms with Crippen molar-refractivity contribution in [2.24, 2.45) is 4.99 Å². The lowest BCUT2D eigenvalue weighted by atomic mass is 9.96. The molecule has 0 saturated carbocycles. The van der Waals surface area contributed by atoms with Crippen molar-refractivity contribution in [1.29, 1.82) is 0 Å². The summed E-state index contributed by atoms with van der Waals surface area (Å²) in [6, 6.07) is 10.0. The zero-order valence-corrected chi connectivity index (χ0v) is 23.3. The molecule has 36 heavy (non-hydrogen) atoms. The number of hydrogen-bond donors (Lipinski definition) is 0. The molecule has 1 aromatic heterocycles. The van der Waals surface area contributed by atoms with Gasteiger partial charge in [0.1, 0.15) is 6.04 Å². The average Bonchev–Trinajstić information content (AvgIpc) is 3.14. The number of carbonyl (C=O) groups excluding carboxylic acids is 1. The van der Waals surface area contributed by atoms with Crippen molar-refractivity contribution in [2.75, 3.05) is 20.3 Å². The van der Waals surface area contributed by atoms with Crippen LogP contribution in [0.1, 0.15) is 37.9 Å². The Morgan fingerprint density at radius 2 is 2.00 bits per heavy atom. The lowest BCUT2D eigenvalue weighted by Crippen LogP contribution is -2.40. The van der Waals surface area contributed by atoms with Gasteiger partial charge < -0.3 is 14.2 Å². The number of halogens is 2. The maximum absolute atomic E-state index is 13.8. The van der Waals surface area contributed by atoms with Gasteiger partial charge in [0.15, 0.2) is 16.3 Å². The summed E-state index contributed by atoms with van der Waals surface area (Å²) < 4.78 is 19.1. The SMILES string of the molecule is CCOC(=O)C1=C(C)N=c2s/c(=C\c3cc(Br)c(OCC)c(OC)c3)c(=O)n2[C@H]1c1ccccc1Cl. The Labute approximate surface area is 225 Å². The van der Waals surface area contributed by atoms with Crippen LogP contribution in [0, 0.1) is 0 Å². The molecule has 0 bridgehead atoms. The highest BCUT2D eigenvalue weighted by molar-refractivity contribution is 9.10. The van der Waals surface area contributed by atoms with Crippen molar-refractivity contribution < 1.29 is 19.0 Å². The van der Waals surface area contributed by atoms with E-state index < -0.39 is 12.0 Å². The number of methoxy groups -OCH3 is 1. The van der Waals surface area contributed by atoms with E-state index in [2.05, 4.69) is 20.9 Å². The second-order valence-electron chi connectivity index (χ2n) is 7.79. The standard InChI is InChI=1S/C26H24BrClN2O5S/c1-5-34-23-17(27)11-15(12-19(23)33-4)13-20-24(31)30-22(16-9-7-8-10-18(16)28)21(25(32)35-6-2)14(3)29-26(30)36-20/h7-13,22H,5-6H2,1-4H3/b20-13-/t22-/m0/s1. The maximum Gasteiger partial charge on any atom is 0.338 e. The summed E-state index contributed by atoms with van der Waals surface area (Å²) in [6.07, 6.45) is 1.76. The van der Waals surface area contributed by atoms with E-state index in [1.54, 1.807) is 51.3 Å². The molecular weight excluding hydrogens is 568 g/mol. The van der Waals surface area contributed by atoms with Crippen LogP contribution in [0.3, 0.4) is 0 Å². The molecule has 2 aromatic carbocycles. The Bertz CT molecular complexity index is 1540. The number of nitrogens with zero attached hydrogens (tertiary/aromatic N) is 2. The van der Waals surface area contributed by atoms with E-state index in [1.807, 2.05) is 19.1 Å². The van der Waals surface area contributed by atoms with Crippen molar-refractivity contribution in [3.8, 4) is 11.5 Å². The fourth-order valence-corrected chi connectivity index (χ4v) is 5.90. The van der Waals surface area contributed by atoms with Gasteiger partial charge in [0, 0.05) is 5.02 Å². The number of carbonyl (C=O) groups is 1. The summed E-state index contributed by atoms with van der Waals surface area (Å²) in [5.41, 5.74) is 1.84. The van der Waals surface area contributed by atoms with Crippen LogP contribution in [0.2, 0.25) is 5.02 Å². The van der Waals surface area contributed by atoms with E-state index >= 15 is 0 Å². The smallest absolute Gasteiger partial charge is 0.338 e. The number of esters is 1. The number of benzene rings is 2. The summed E-state index contributed by atoms with van der Waals surface area (Å²) in [4.78, 5) is 31.8. The Hall–Kier alpha value is -2.88. The van der Waals surface area contributed by atoms with Gasteiger partial charge in [-0.3, -0.25) is 9.36 Å². The van der Waals surface area contributed by atoms with E-state index in [-0.39, 0.29) is 17.7 Å². The highest BCUT2D eigenvalue weighted by atomic mass is 79.9. The number of hydrogen-bond acceptors (Lipinski definition) is 7. The molecule has 0 amide bonds. The number of fused-ring (bicyclic) bond motifs is 1. The van der Waals surface area contributed by atoms with Gasteiger partial charge in [-0.25, -0.2) is 9.79 Å². The summed E-state index contributed by atoms with van der Waals surface area (Å²) in [7, 11) is 1.56. The first-order chi connectivity index (χ1) is 17.3. The number of aromatic nitrogens is 1. The van der Waals surface area contributed by atoms with Gasteiger partial charge in [0.25, 0.3) is 5.56 Å². The molecule has 0 unspecified atom stereocenters. The Kier molecular flexibility index (Phi) is 8.02. The molecular formula is C26H24BrClN2O5S. The normalized spacial score (nSPS) is 15.4. The van der Waals surface area contributed by atoms with E-state index in [0.717, 1.165) is 5.56 Å². The Morgan fingerprint density at radius 1 is 1.25 bits per heavy atom. The molecule has 7 nitrogen and oxygen atoms in total. The molecule has 0 N–H and O–H groups in total. The van der Waals surface area contributed by atoms with E-state index in [1.165, 1.54) is 15.9 Å². The molecule has 0 spiro atoms. The van der Waals surface area contributed by atoms with Crippen molar-refractivity contribution in [1.82, 2.24) is 4.57 Å². The lowest BCUT2D eigenvalue weighted by Gasteiger charge is -2.25. The molecule has 0 fully saturated rings. The van der Waals surface area contributed by atoms with Crippen LogP contribution >= 0.6 is 38.9 Å². The van der Waals surface area contributed by atoms with Crippen molar-refractivity contribution >= 4 is 50.9 Å². The fourth-order valence-electron chi connectivity index (χ4n) is 4.04. The first-order valence-electron chi connectivity index (χ1n) is 11.2. The molecule has 1 aliphatic rings. The monoisotopic (exact) mass is 590 g/mol. The number of ether oxygens (including phenoxy) is 3. The molecule has 4 rings (SSSR count). The van der Waals surface area contributed by atoms with Crippen LogP contribution in [0.5, 0.6) is 11.5 Å². The zero-order valence-electron chi connectivity index (χ0n) is 20.1. The zero-order chi connectivity index (χ0) is 26.0. The fraction of sp³-hybridized carbons (Fsp3) is 0.269. The van der Waals surface area contributed by atoms with Gasteiger partial charge >= 0.3 is 5.97 Å². The van der Waals surface area contributed by atoms with Crippen molar-refractivity contribution in [3.63, 3.8) is 0 Å². The van der Waals surface area contributed by atoms with Crippen LogP contribution in [0.25, 0.3) is 6.08 Å². The van der Waals surface area contributed by atoms with Gasteiger partial charge in [0.2, 0.25) is 0 Å². The van der Waals surface area contributed by atoms with E-state index in [9.17, 15) is 9.59 Å². The average molecular weight is 592 g/mol. The first kappa shape index (κ1) is 26.2. The molecule has 10 heteroatoms. The molecule has 1 aliphatic heterocycles. The Morgan fingerprint density at radius 3 is 2.67 bits per heavy atom. The minimum Gasteiger partial charge on any atom is -0.493 e. The van der Waals surface area contributed by atoms with E-state index in [4.69, 9.17) is 25.8 Å². The van der Waals surface area contributed by atoms with Crippen LogP contribution in [0.15, 0.2) is 61.9 Å². The van der Waals surface area contributed by atoms with E-state index in [0.29, 0.717) is 48.2 Å². The largest absolute Gasteiger partial charge is 0.493 e. The van der Waals surface area contributed by atoms with Gasteiger partial charge in [-0.15, -0.1) is 0 Å². The van der Waals surface area contributed by atoms with Gasteiger partial charge in [-0.05, 0) is 72.1 Å². The number of rotatable bonds is 7. The quantitative estimate of drug-likeness (QED) is 0.375. The highest BCUT2D eigenvalue weighted by Gasteiger charge is 2.34. The van der Waals surface area contributed by atoms with Gasteiger partial charge in [0.05, 0.1) is 40.6 Å². The van der Waals surface area contributed by atoms with Crippen LogP contribution < -0.4 is 24.4 Å². The topological polar surface area (TPSA) is 79.1 Å². The second kappa shape index (κ2) is 11.0. The van der Waals surface area contributed by atoms with Crippen LogP contribution in [0.4, 0.5) is 0 Å².